The van der Waals surface area contributed by atoms with Crippen molar-refractivity contribution < 1.29 is 27.2 Å². The number of carbonyl (C=O) groups is 2. The lowest BCUT2D eigenvalue weighted by Gasteiger charge is -2.25. The summed E-state index contributed by atoms with van der Waals surface area (Å²) in [5, 5.41) is 5.67. The number of halogens is 4. The van der Waals surface area contributed by atoms with Crippen molar-refractivity contribution in [1.82, 2.24) is 9.91 Å². The van der Waals surface area contributed by atoms with E-state index < -0.39 is 35.4 Å². The van der Waals surface area contributed by atoms with E-state index in [-0.39, 0.29) is 18.5 Å². The molecule has 0 fully saturated rings. The summed E-state index contributed by atoms with van der Waals surface area (Å²) >= 11 is 0. The highest BCUT2D eigenvalue weighted by Crippen LogP contribution is 2.34. The summed E-state index contributed by atoms with van der Waals surface area (Å²) in [5.41, 5.74) is 1.69. The number of hydrogen-bond acceptors (Lipinski definition) is 3. The van der Waals surface area contributed by atoms with Gasteiger partial charge in [0.1, 0.15) is 12.4 Å². The van der Waals surface area contributed by atoms with Crippen LogP contribution >= 0.6 is 0 Å². The zero-order chi connectivity index (χ0) is 26.0. The van der Waals surface area contributed by atoms with E-state index >= 15 is 0 Å². The lowest BCUT2D eigenvalue weighted by atomic mass is 9.97. The molecule has 3 aromatic rings. The summed E-state index contributed by atoms with van der Waals surface area (Å²) in [7, 11) is 1.39. The molecule has 1 aliphatic rings. The maximum Gasteiger partial charge on any atom is 0.416 e. The first-order chi connectivity index (χ1) is 17.0. The fourth-order valence-corrected chi connectivity index (χ4v) is 4.02. The monoisotopic (exact) mass is 497 g/mol. The smallest absolute Gasteiger partial charge is 0.332 e. The van der Waals surface area contributed by atoms with Crippen molar-refractivity contribution in [1.29, 1.82) is 0 Å². The van der Waals surface area contributed by atoms with Crippen LogP contribution in [0.15, 0.2) is 77.9 Å². The van der Waals surface area contributed by atoms with Crippen LogP contribution < -0.4 is 0 Å². The van der Waals surface area contributed by atoms with Crippen molar-refractivity contribution in [3.8, 4) is 0 Å². The Balaban J connectivity index is 1.56. The van der Waals surface area contributed by atoms with Gasteiger partial charge in [-0.05, 0) is 42.8 Å². The number of nitrogens with zero attached hydrogens (tertiary/aromatic N) is 3. The van der Waals surface area contributed by atoms with Crippen molar-refractivity contribution >= 4 is 17.5 Å². The molecule has 1 atom stereocenters. The lowest BCUT2D eigenvalue weighted by Crippen LogP contribution is -2.39. The SMILES string of the molecule is Cc1ccc(C2CC(c3ccccc3F)=NN2C(=O)CN(C)C(=O)c2ccc(C(F)(F)F)cc2)cc1. The van der Waals surface area contributed by atoms with Crippen molar-refractivity contribution in [3.05, 3.63) is 106 Å². The molecular weight excluding hydrogens is 474 g/mol. The molecule has 186 valence electrons. The summed E-state index contributed by atoms with van der Waals surface area (Å²) in [6.45, 7) is 1.57. The molecule has 0 saturated carbocycles. The summed E-state index contributed by atoms with van der Waals surface area (Å²) in [6.07, 6.45) is -4.23. The lowest BCUT2D eigenvalue weighted by molar-refractivity contribution is -0.137. The van der Waals surface area contributed by atoms with Crippen LogP contribution in [0.4, 0.5) is 17.6 Å². The molecule has 1 unspecified atom stereocenters. The minimum atomic E-state index is -4.52. The van der Waals surface area contributed by atoms with Crippen LogP contribution in [0.3, 0.4) is 0 Å². The molecule has 3 aromatic carbocycles. The molecule has 4 rings (SSSR count). The number of hydrogen-bond donors (Lipinski definition) is 0. The molecule has 9 heteroatoms. The second-order valence-electron chi connectivity index (χ2n) is 8.63. The number of benzene rings is 3. The van der Waals surface area contributed by atoms with Crippen molar-refractivity contribution in [2.75, 3.05) is 13.6 Å². The van der Waals surface area contributed by atoms with Crippen LogP contribution in [0, 0.1) is 12.7 Å². The molecule has 0 radical (unpaired) electrons. The van der Waals surface area contributed by atoms with Gasteiger partial charge in [-0.1, -0.05) is 48.0 Å². The molecule has 0 spiro atoms. The summed E-state index contributed by atoms with van der Waals surface area (Å²) in [6, 6.07) is 17.0. The fourth-order valence-electron chi connectivity index (χ4n) is 4.02. The van der Waals surface area contributed by atoms with E-state index in [4.69, 9.17) is 0 Å². The standard InChI is InChI=1S/C27H23F4N3O2/c1-17-7-9-18(10-8-17)24-15-23(21-5-3-4-6-22(21)28)32-34(24)25(35)16-33(2)26(36)19-11-13-20(14-12-19)27(29,30)31/h3-14,24H,15-16H2,1-2H3. The van der Waals surface area contributed by atoms with Gasteiger partial charge in [-0.3, -0.25) is 9.59 Å². The molecule has 0 N–H and O–H groups in total. The predicted octanol–water partition coefficient (Wildman–Crippen LogP) is 5.60. The Hall–Kier alpha value is -4.01. The molecule has 2 amide bonds. The Morgan fingerprint density at radius 3 is 2.25 bits per heavy atom. The van der Waals surface area contributed by atoms with Crippen LogP contribution in [0.1, 0.15) is 45.1 Å². The third-order valence-electron chi connectivity index (χ3n) is 5.99. The molecule has 1 aliphatic heterocycles. The van der Waals surface area contributed by atoms with E-state index in [1.54, 1.807) is 18.2 Å². The minimum Gasteiger partial charge on any atom is -0.332 e. The molecule has 36 heavy (non-hydrogen) atoms. The molecule has 1 heterocycles. The van der Waals surface area contributed by atoms with Gasteiger partial charge in [-0.2, -0.15) is 18.3 Å². The molecular formula is C27H23F4N3O2. The van der Waals surface area contributed by atoms with E-state index in [2.05, 4.69) is 5.10 Å². The number of rotatable bonds is 5. The highest BCUT2D eigenvalue weighted by Gasteiger charge is 2.35. The van der Waals surface area contributed by atoms with E-state index in [0.717, 1.165) is 40.3 Å². The first-order valence-corrected chi connectivity index (χ1v) is 11.2. The Labute approximate surface area is 205 Å². The zero-order valence-corrected chi connectivity index (χ0v) is 19.6. The summed E-state index contributed by atoms with van der Waals surface area (Å²) in [4.78, 5) is 27.2. The summed E-state index contributed by atoms with van der Waals surface area (Å²) < 4.78 is 52.9. The predicted molar refractivity (Wildman–Crippen MR) is 127 cm³/mol. The van der Waals surface area contributed by atoms with Gasteiger partial charge in [-0.15, -0.1) is 0 Å². The van der Waals surface area contributed by atoms with Crippen LogP contribution in [0.2, 0.25) is 0 Å². The van der Waals surface area contributed by atoms with Gasteiger partial charge in [0.05, 0.1) is 17.3 Å². The van der Waals surface area contributed by atoms with Gasteiger partial charge in [0.25, 0.3) is 11.8 Å². The number of likely N-dealkylation sites (N-methyl/N-ethyl adjacent to an activating group) is 1. The summed E-state index contributed by atoms with van der Waals surface area (Å²) in [5.74, 6) is -1.57. The van der Waals surface area contributed by atoms with Crippen molar-refractivity contribution in [2.24, 2.45) is 5.10 Å². The van der Waals surface area contributed by atoms with Gasteiger partial charge >= 0.3 is 6.18 Å². The molecule has 0 aromatic heterocycles. The van der Waals surface area contributed by atoms with Crippen molar-refractivity contribution in [3.63, 3.8) is 0 Å². The molecule has 0 aliphatic carbocycles. The number of carbonyl (C=O) groups excluding carboxylic acids is 2. The van der Waals surface area contributed by atoms with E-state index in [1.165, 1.54) is 18.1 Å². The average Bonchev–Trinajstić information content (AvgIpc) is 3.29. The quantitative estimate of drug-likeness (QED) is 0.431. The van der Waals surface area contributed by atoms with Crippen LogP contribution in [0.5, 0.6) is 0 Å². The second-order valence-corrected chi connectivity index (χ2v) is 8.63. The maximum absolute atomic E-state index is 14.5. The van der Waals surface area contributed by atoms with Gasteiger partial charge in [0.2, 0.25) is 0 Å². The molecule has 0 saturated heterocycles. The zero-order valence-electron chi connectivity index (χ0n) is 19.6. The third kappa shape index (κ3) is 5.30. The van der Waals surface area contributed by atoms with E-state index in [0.29, 0.717) is 11.3 Å². The van der Waals surface area contributed by atoms with E-state index in [9.17, 15) is 27.2 Å². The number of hydrazone groups is 1. The van der Waals surface area contributed by atoms with Crippen LogP contribution in [-0.4, -0.2) is 41.0 Å². The van der Waals surface area contributed by atoms with Gasteiger partial charge < -0.3 is 4.90 Å². The Morgan fingerprint density at radius 2 is 1.64 bits per heavy atom. The second kappa shape index (κ2) is 9.93. The fraction of sp³-hybridized carbons (Fsp3) is 0.222. The third-order valence-corrected chi connectivity index (χ3v) is 5.99. The topological polar surface area (TPSA) is 53.0 Å². The van der Waals surface area contributed by atoms with Gasteiger partial charge in [0, 0.05) is 24.6 Å². The largest absolute Gasteiger partial charge is 0.416 e. The highest BCUT2D eigenvalue weighted by molar-refractivity contribution is 6.04. The normalized spacial score (nSPS) is 15.6. The van der Waals surface area contributed by atoms with E-state index in [1.807, 2.05) is 31.2 Å². The number of alkyl halides is 3. The van der Waals surface area contributed by atoms with Crippen molar-refractivity contribution in [2.45, 2.75) is 25.6 Å². The molecule has 5 nitrogen and oxygen atoms in total. The Kier molecular flexibility index (Phi) is 6.92. The van der Waals surface area contributed by atoms with Crippen LogP contribution in [-0.2, 0) is 11.0 Å². The first-order valence-electron chi connectivity index (χ1n) is 11.2. The Bertz CT molecular complexity index is 1300. The Morgan fingerprint density at radius 1 is 1.00 bits per heavy atom. The number of amides is 2. The minimum absolute atomic E-state index is 0.0188. The highest BCUT2D eigenvalue weighted by atomic mass is 19.4. The first kappa shape index (κ1) is 25.1. The number of aryl methyl sites for hydroxylation is 1. The molecule has 0 bridgehead atoms. The maximum atomic E-state index is 14.5. The average molecular weight is 497 g/mol. The van der Waals surface area contributed by atoms with Gasteiger partial charge in [-0.25, -0.2) is 9.40 Å². The van der Waals surface area contributed by atoms with Crippen LogP contribution in [0.25, 0.3) is 0 Å². The van der Waals surface area contributed by atoms with Gasteiger partial charge in [0.15, 0.2) is 0 Å².